The van der Waals surface area contributed by atoms with Gasteiger partial charge in [0, 0.05) is 0 Å². The minimum atomic E-state index is -0.988. The van der Waals surface area contributed by atoms with Crippen LogP contribution in [0.4, 0.5) is 4.39 Å². The second kappa shape index (κ2) is 9.06. The number of rotatable bonds is 7. The van der Waals surface area contributed by atoms with E-state index in [1.54, 1.807) is 48.5 Å². The predicted molar refractivity (Wildman–Crippen MR) is 122 cm³/mol. The molecule has 0 saturated carbocycles. The van der Waals surface area contributed by atoms with Gasteiger partial charge >= 0.3 is 11.7 Å². The van der Waals surface area contributed by atoms with E-state index in [0.717, 1.165) is 15.7 Å². The molecule has 0 fully saturated rings. The zero-order valence-electron chi connectivity index (χ0n) is 17.7. The summed E-state index contributed by atoms with van der Waals surface area (Å²) >= 11 is 0. The Hall–Kier alpha value is -3.93. The van der Waals surface area contributed by atoms with Crippen LogP contribution >= 0.6 is 0 Å². The molecule has 32 heavy (non-hydrogen) atoms. The van der Waals surface area contributed by atoms with Gasteiger partial charge in [0.1, 0.15) is 0 Å². The van der Waals surface area contributed by atoms with E-state index in [-0.39, 0.29) is 12.1 Å². The molecule has 0 spiro atoms. The molecule has 0 aliphatic rings. The second-order valence-corrected chi connectivity index (χ2v) is 7.57. The van der Waals surface area contributed by atoms with E-state index in [2.05, 4.69) is 0 Å². The Labute approximate surface area is 185 Å². The Morgan fingerprint density at radius 3 is 2.25 bits per heavy atom. The lowest BCUT2D eigenvalue weighted by Gasteiger charge is -2.09. The molecule has 0 amide bonds. The first-order valence-corrected chi connectivity index (χ1v) is 10.5. The van der Waals surface area contributed by atoms with Gasteiger partial charge in [-0.1, -0.05) is 74.0 Å². The molecule has 0 aliphatic heterocycles. The van der Waals surface area contributed by atoms with Gasteiger partial charge < -0.3 is 5.11 Å². The number of aromatic carboxylic acids is 1. The third-order valence-electron chi connectivity index (χ3n) is 5.45. The van der Waals surface area contributed by atoms with Crippen LogP contribution in [-0.4, -0.2) is 20.2 Å². The number of imidazole rings is 1. The van der Waals surface area contributed by atoms with Crippen molar-refractivity contribution >= 4 is 5.97 Å². The smallest absolute Gasteiger partial charge is 0.336 e. The highest BCUT2D eigenvalue weighted by Crippen LogP contribution is 2.25. The van der Waals surface area contributed by atoms with E-state index in [1.165, 1.54) is 4.57 Å². The molecule has 1 aromatic heterocycles. The van der Waals surface area contributed by atoms with Crippen molar-refractivity contribution < 1.29 is 14.3 Å². The number of aromatic nitrogens is 2. The van der Waals surface area contributed by atoms with Crippen LogP contribution in [0.1, 0.15) is 35.0 Å². The normalized spacial score (nSPS) is 10.9. The summed E-state index contributed by atoms with van der Waals surface area (Å²) in [6.07, 6.45) is 1.16. The Kier molecular flexibility index (Phi) is 6.03. The Balaban J connectivity index is 1.71. The Bertz CT molecular complexity index is 1310. The number of carbonyl (C=O) groups is 1. The first kappa shape index (κ1) is 21.3. The molecule has 4 aromatic rings. The summed E-state index contributed by atoms with van der Waals surface area (Å²) in [7, 11) is 0. The number of nitrogens with zero attached hydrogens (tertiary/aromatic N) is 2. The van der Waals surface area contributed by atoms with Gasteiger partial charge in [0.2, 0.25) is 5.95 Å². The maximum Gasteiger partial charge on any atom is 0.336 e. The molecule has 162 valence electrons. The van der Waals surface area contributed by atoms with Crippen LogP contribution in [0.25, 0.3) is 16.8 Å². The van der Waals surface area contributed by atoms with Crippen LogP contribution < -0.4 is 5.69 Å². The number of para-hydroxylation sites is 1. The van der Waals surface area contributed by atoms with Gasteiger partial charge in [-0.3, -0.25) is 4.57 Å². The van der Waals surface area contributed by atoms with Gasteiger partial charge in [-0.15, -0.1) is 0 Å². The fourth-order valence-corrected chi connectivity index (χ4v) is 3.89. The highest BCUT2D eigenvalue weighted by molar-refractivity contribution is 5.95. The maximum atomic E-state index is 15.2. The first-order chi connectivity index (χ1) is 15.5. The number of benzene rings is 3. The van der Waals surface area contributed by atoms with Crippen LogP contribution in [-0.2, 0) is 13.0 Å². The van der Waals surface area contributed by atoms with Crippen molar-refractivity contribution in [3.05, 3.63) is 112 Å². The Morgan fingerprint density at radius 1 is 0.938 bits per heavy atom. The summed E-state index contributed by atoms with van der Waals surface area (Å²) in [5, 5.41) is 9.43. The van der Waals surface area contributed by atoms with Gasteiger partial charge in [-0.05, 0) is 41.3 Å². The zero-order chi connectivity index (χ0) is 22.7. The van der Waals surface area contributed by atoms with Crippen molar-refractivity contribution in [1.29, 1.82) is 0 Å². The molecule has 3 aromatic carbocycles. The van der Waals surface area contributed by atoms with Crippen molar-refractivity contribution in [2.24, 2.45) is 0 Å². The van der Waals surface area contributed by atoms with E-state index in [4.69, 9.17) is 0 Å². The van der Waals surface area contributed by atoms with Crippen molar-refractivity contribution in [2.75, 3.05) is 0 Å². The average molecular weight is 430 g/mol. The largest absolute Gasteiger partial charge is 0.478 e. The molecule has 4 rings (SSSR count). The van der Waals surface area contributed by atoms with Crippen molar-refractivity contribution in [1.82, 2.24) is 9.13 Å². The summed E-state index contributed by atoms with van der Waals surface area (Å²) in [5.41, 5.74) is 2.89. The molecule has 6 heteroatoms. The van der Waals surface area contributed by atoms with Crippen LogP contribution in [0.15, 0.2) is 83.7 Å². The van der Waals surface area contributed by atoms with Crippen molar-refractivity contribution in [3.8, 4) is 16.8 Å². The van der Waals surface area contributed by atoms with Crippen molar-refractivity contribution in [2.45, 2.75) is 26.3 Å². The monoisotopic (exact) mass is 430 g/mol. The van der Waals surface area contributed by atoms with Crippen LogP contribution in [0.3, 0.4) is 0 Å². The molecule has 0 unspecified atom stereocenters. The quantitative estimate of drug-likeness (QED) is 0.441. The SMILES string of the molecule is CCCc1c(F)n(-c2ccccc2)c(=O)n1Cc1ccc(-c2ccccc2C(=O)O)cc1. The summed E-state index contributed by atoms with van der Waals surface area (Å²) in [6.45, 7) is 2.18. The zero-order valence-corrected chi connectivity index (χ0v) is 17.7. The third-order valence-corrected chi connectivity index (χ3v) is 5.45. The number of hydrogen-bond acceptors (Lipinski definition) is 2. The lowest BCUT2D eigenvalue weighted by Crippen LogP contribution is -2.25. The number of hydrogen-bond donors (Lipinski definition) is 1. The highest BCUT2D eigenvalue weighted by Gasteiger charge is 2.20. The first-order valence-electron chi connectivity index (χ1n) is 10.5. The lowest BCUT2D eigenvalue weighted by molar-refractivity contribution is 0.0697. The molecule has 1 N–H and O–H groups in total. The van der Waals surface area contributed by atoms with Gasteiger partial charge in [-0.2, -0.15) is 4.39 Å². The topological polar surface area (TPSA) is 64.2 Å². The minimum Gasteiger partial charge on any atom is -0.478 e. The average Bonchev–Trinajstić information content (AvgIpc) is 3.04. The number of carboxylic acids is 1. The maximum absolute atomic E-state index is 15.2. The molecule has 0 saturated heterocycles. The molecule has 5 nitrogen and oxygen atoms in total. The van der Waals surface area contributed by atoms with E-state index in [1.807, 2.05) is 37.3 Å². The molecule has 0 atom stereocenters. The predicted octanol–water partition coefficient (Wildman–Crippen LogP) is 5.14. The van der Waals surface area contributed by atoms with Crippen molar-refractivity contribution in [3.63, 3.8) is 0 Å². The van der Waals surface area contributed by atoms with E-state index in [0.29, 0.717) is 29.8 Å². The van der Waals surface area contributed by atoms with Gasteiger partial charge in [0.15, 0.2) is 0 Å². The molecule has 1 heterocycles. The molecule has 0 aliphatic carbocycles. The number of carboxylic acid groups (broad SMARTS) is 1. The van der Waals surface area contributed by atoms with Gasteiger partial charge in [0.25, 0.3) is 0 Å². The van der Waals surface area contributed by atoms with E-state index < -0.39 is 17.6 Å². The minimum absolute atomic E-state index is 0.226. The molecule has 0 radical (unpaired) electrons. The fraction of sp³-hybridized carbons (Fsp3) is 0.154. The Morgan fingerprint density at radius 2 is 1.59 bits per heavy atom. The molecular formula is C26H23FN2O3. The van der Waals surface area contributed by atoms with Gasteiger partial charge in [0.05, 0.1) is 23.5 Å². The standard InChI is InChI=1S/C26H23FN2O3/c1-2-8-23-24(27)29(20-9-4-3-5-10-20)26(32)28(23)17-18-13-15-19(16-14-18)21-11-6-7-12-22(21)25(30)31/h3-7,9-16H,2,8,17H2,1H3,(H,30,31). The summed E-state index contributed by atoms with van der Waals surface area (Å²) in [5.74, 6) is -1.52. The van der Waals surface area contributed by atoms with E-state index in [9.17, 15) is 14.7 Å². The third kappa shape index (κ3) is 3.99. The van der Waals surface area contributed by atoms with Crippen LogP contribution in [0.2, 0.25) is 0 Å². The van der Waals surface area contributed by atoms with Crippen LogP contribution in [0, 0.1) is 5.95 Å². The number of halogens is 1. The lowest BCUT2D eigenvalue weighted by atomic mass is 9.99. The fourth-order valence-electron chi connectivity index (χ4n) is 3.89. The van der Waals surface area contributed by atoms with E-state index >= 15 is 4.39 Å². The second-order valence-electron chi connectivity index (χ2n) is 7.57. The highest BCUT2D eigenvalue weighted by atomic mass is 19.1. The molecule has 0 bridgehead atoms. The summed E-state index contributed by atoms with van der Waals surface area (Å²) in [4.78, 5) is 24.6. The summed E-state index contributed by atoms with van der Waals surface area (Å²) in [6, 6.07) is 22.9. The van der Waals surface area contributed by atoms with Crippen LogP contribution in [0.5, 0.6) is 0 Å². The molecular weight excluding hydrogens is 407 g/mol. The van der Waals surface area contributed by atoms with Gasteiger partial charge in [-0.25, -0.2) is 14.2 Å². The summed E-state index contributed by atoms with van der Waals surface area (Å²) < 4.78 is 17.8.